The molecule has 2 atom stereocenters. The van der Waals surface area contributed by atoms with Crippen molar-refractivity contribution in [2.45, 2.75) is 26.8 Å². The Bertz CT molecular complexity index is 841. The van der Waals surface area contributed by atoms with Crippen molar-refractivity contribution in [2.24, 2.45) is 17.8 Å². The van der Waals surface area contributed by atoms with Gasteiger partial charge in [-0.25, -0.2) is 0 Å². The summed E-state index contributed by atoms with van der Waals surface area (Å²) < 4.78 is 6.02. The zero-order valence-electron chi connectivity index (χ0n) is 18.8. The van der Waals surface area contributed by atoms with E-state index < -0.39 is 0 Å². The standard InChI is InChI=1S/C26H35N3O2/c1-3-28(4-2)14-15-31-24-13-9-8-12-23(24)27-26(30)25-21-16-22(25)19-29(18-21)17-20-10-6-5-7-11-20/h5-13,21-22,25H,3-4,14-19H2,1-2H3,(H,27,30)/t21-,22-/m0/s1. The molecule has 0 aromatic heterocycles. The quantitative estimate of drug-likeness (QED) is 0.627. The van der Waals surface area contributed by atoms with Crippen molar-refractivity contribution in [2.75, 3.05) is 44.6 Å². The molecule has 166 valence electrons. The molecule has 1 aliphatic carbocycles. The van der Waals surface area contributed by atoms with E-state index in [0.29, 0.717) is 18.4 Å². The first-order chi connectivity index (χ1) is 15.2. The molecule has 1 N–H and O–H groups in total. The summed E-state index contributed by atoms with van der Waals surface area (Å²) >= 11 is 0. The van der Waals surface area contributed by atoms with E-state index in [0.717, 1.165) is 50.7 Å². The average Bonchev–Trinajstić information content (AvgIpc) is 2.78. The molecule has 2 aliphatic heterocycles. The smallest absolute Gasteiger partial charge is 0.228 e. The van der Waals surface area contributed by atoms with E-state index in [1.54, 1.807) is 0 Å². The van der Waals surface area contributed by atoms with E-state index in [1.807, 2.05) is 24.3 Å². The fourth-order valence-corrected chi connectivity index (χ4v) is 5.12. The molecule has 2 aromatic carbocycles. The molecular weight excluding hydrogens is 386 g/mol. The maximum atomic E-state index is 13.1. The first-order valence-electron chi connectivity index (χ1n) is 11.7. The molecule has 5 nitrogen and oxygen atoms in total. The van der Waals surface area contributed by atoms with E-state index in [2.05, 4.69) is 59.3 Å². The van der Waals surface area contributed by atoms with Gasteiger partial charge in [-0.1, -0.05) is 56.3 Å². The molecule has 2 bridgehead atoms. The van der Waals surface area contributed by atoms with Crippen LogP contribution in [-0.2, 0) is 11.3 Å². The van der Waals surface area contributed by atoms with Gasteiger partial charge in [-0.15, -0.1) is 0 Å². The zero-order chi connectivity index (χ0) is 21.6. The van der Waals surface area contributed by atoms with Crippen LogP contribution in [0.5, 0.6) is 5.75 Å². The Hall–Kier alpha value is -2.37. The molecule has 5 heteroatoms. The third-order valence-corrected chi connectivity index (χ3v) is 6.86. The van der Waals surface area contributed by atoms with E-state index in [-0.39, 0.29) is 11.8 Å². The minimum atomic E-state index is 0.121. The highest BCUT2D eigenvalue weighted by atomic mass is 16.5. The van der Waals surface area contributed by atoms with Gasteiger partial charge in [0.05, 0.1) is 5.69 Å². The lowest BCUT2D eigenvalue weighted by Gasteiger charge is -2.52. The molecule has 3 fully saturated rings. The van der Waals surface area contributed by atoms with Gasteiger partial charge in [0.25, 0.3) is 0 Å². The molecule has 2 saturated heterocycles. The van der Waals surface area contributed by atoms with E-state index >= 15 is 0 Å². The van der Waals surface area contributed by atoms with Crippen molar-refractivity contribution in [3.05, 3.63) is 60.2 Å². The first-order valence-corrected chi connectivity index (χ1v) is 11.7. The monoisotopic (exact) mass is 421 g/mol. The summed E-state index contributed by atoms with van der Waals surface area (Å²) in [5.41, 5.74) is 2.14. The Balaban J connectivity index is 1.31. The highest BCUT2D eigenvalue weighted by molar-refractivity contribution is 5.95. The van der Waals surface area contributed by atoms with Crippen molar-refractivity contribution < 1.29 is 9.53 Å². The third kappa shape index (κ3) is 5.28. The molecule has 2 heterocycles. The van der Waals surface area contributed by atoms with Gasteiger partial charge in [-0.05, 0) is 49.0 Å². The highest BCUT2D eigenvalue weighted by Gasteiger charge is 2.50. The van der Waals surface area contributed by atoms with E-state index in [1.165, 1.54) is 12.0 Å². The van der Waals surface area contributed by atoms with Gasteiger partial charge >= 0.3 is 0 Å². The van der Waals surface area contributed by atoms with Crippen LogP contribution in [0.25, 0.3) is 0 Å². The maximum absolute atomic E-state index is 13.1. The summed E-state index contributed by atoms with van der Waals surface area (Å²) in [6.45, 7) is 10.9. The Morgan fingerprint density at radius 3 is 2.42 bits per heavy atom. The number of hydrogen-bond donors (Lipinski definition) is 1. The maximum Gasteiger partial charge on any atom is 0.228 e. The van der Waals surface area contributed by atoms with Crippen LogP contribution in [0.15, 0.2) is 54.6 Å². The van der Waals surface area contributed by atoms with Gasteiger partial charge in [-0.2, -0.15) is 0 Å². The molecule has 3 aliphatic rings. The first kappa shape index (κ1) is 21.8. The lowest BCUT2D eigenvalue weighted by atomic mass is 9.61. The fraction of sp³-hybridized carbons (Fsp3) is 0.500. The van der Waals surface area contributed by atoms with Crippen LogP contribution in [0.1, 0.15) is 25.8 Å². The minimum absolute atomic E-state index is 0.121. The van der Waals surface area contributed by atoms with Crippen LogP contribution < -0.4 is 10.1 Å². The molecule has 0 spiro atoms. The number of anilines is 1. The fourth-order valence-electron chi connectivity index (χ4n) is 5.12. The number of nitrogens with one attached hydrogen (secondary N) is 1. The van der Waals surface area contributed by atoms with E-state index in [9.17, 15) is 4.79 Å². The highest BCUT2D eigenvalue weighted by Crippen LogP contribution is 2.46. The zero-order valence-corrected chi connectivity index (χ0v) is 18.8. The third-order valence-electron chi connectivity index (χ3n) is 6.86. The van der Waals surface area contributed by atoms with Gasteiger partial charge in [-0.3, -0.25) is 9.69 Å². The molecule has 5 rings (SSSR count). The number of ether oxygens (including phenoxy) is 1. The number of para-hydroxylation sites is 2. The minimum Gasteiger partial charge on any atom is -0.490 e. The summed E-state index contributed by atoms with van der Waals surface area (Å²) in [5, 5.41) is 3.18. The molecule has 31 heavy (non-hydrogen) atoms. The van der Waals surface area contributed by atoms with Crippen LogP contribution in [0.4, 0.5) is 5.69 Å². The molecule has 1 saturated carbocycles. The van der Waals surface area contributed by atoms with Crippen molar-refractivity contribution in [3.8, 4) is 5.75 Å². The number of benzene rings is 2. The number of nitrogens with zero attached hydrogens (tertiary/aromatic N) is 2. The number of carbonyl (C=O) groups excluding carboxylic acids is 1. The van der Waals surface area contributed by atoms with Crippen molar-refractivity contribution >= 4 is 11.6 Å². The number of carbonyl (C=O) groups is 1. The van der Waals surface area contributed by atoms with Crippen molar-refractivity contribution in [3.63, 3.8) is 0 Å². The largest absolute Gasteiger partial charge is 0.490 e. The van der Waals surface area contributed by atoms with Gasteiger partial charge < -0.3 is 15.0 Å². The summed E-state index contributed by atoms with van der Waals surface area (Å²) in [5.74, 6) is 1.95. The average molecular weight is 422 g/mol. The van der Waals surface area contributed by atoms with Gasteiger partial charge in [0.15, 0.2) is 0 Å². The lowest BCUT2D eigenvalue weighted by Crippen LogP contribution is -2.58. The van der Waals surface area contributed by atoms with Gasteiger partial charge in [0.2, 0.25) is 5.91 Å². The lowest BCUT2D eigenvalue weighted by molar-refractivity contribution is -0.136. The summed E-state index contributed by atoms with van der Waals surface area (Å²) in [6, 6.07) is 18.4. The normalized spacial score (nSPS) is 22.7. The van der Waals surface area contributed by atoms with Crippen LogP contribution >= 0.6 is 0 Å². The van der Waals surface area contributed by atoms with Crippen LogP contribution in [-0.4, -0.2) is 55.0 Å². The number of hydrogen-bond acceptors (Lipinski definition) is 4. The molecule has 0 unspecified atom stereocenters. The number of amides is 1. The predicted octanol–water partition coefficient (Wildman–Crippen LogP) is 4.11. The molecule has 0 radical (unpaired) electrons. The predicted molar refractivity (Wildman–Crippen MR) is 125 cm³/mol. The Labute approximate surface area is 186 Å². The molecule has 1 amide bonds. The summed E-state index contributed by atoms with van der Waals surface area (Å²) in [6.07, 6.45) is 1.17. The Morgan fingerprint density at radius 1 is 1.03 bits per heavy atom. The van der Waals surface area contributed by atoms with Crippen LogP contribution in [0, 0.1) is 17.8 Å². The molecular formula is C26H35N3O2. The second-order valence-corrected chi connectivity index (χ2v) is 8.82. The topological polar surface area (TPSA) is 44.8 Å². The Morgan fingerprint density at radius 2 is 1.71 bits per heavy atom. The van der Waals surface area contributed by atoms with Crippen LogP contribution in [0.3, 0.4) is 0 Å². The van der Waals surface area contributed by atoms with Gasteiger partial charge in [0.1, 0.15) is 12.4 Å². The summed E-state index contributed by atoms with van der Waals surface area (Å²) in [7, 11) is 0. The summed E-state index contributed by atoms with van der Waals surface area (Å²) in [4.78, 5) is 17.9. The van der Waals surface area contributed by atoms with Crippen molar-refractivity contribution in [1.82, 2.24) is 9.80 Å². The second kappa shape index (κ2) is 10.3. The number of likely N-dealkylation sites (N-methyl/N-ethyl adjacent to an activating group) is 1. The van der Waals surface area contributed by atoms with E-state index in [4.69, 9.17) is 4.74 Å². The van der Waals surface area contributed by atoms with Gasteiger partial charge in [0, 0.05) is 32.1 Å². The van der Waals surface area contributed by atoms with Crippen LogP contribution in [0.2, 0.25) is 0 Å². The number of rotatable bonds is 10. The Kier molecular flexibility index (Phi) is 7.25. The number of fused-ring (bicyclic) bond motifs is 2. The SMILES string of the molecule is CCN(CC)CCOc1ccccc1NC(=O)C1[C@H]2C[C@H]1CN(Cc1ccccc1)C2. The van der Waals surface area contributed by atoms with Crippen molar-refractivity contribution in [1.29, 1.82) is 0 Å². The second-order valence-electron chi connectivity index (χ2n) is 8.82. The number of piperidine rings is 2. The molecule has 2 aromatic rings.